The van der Waals surface area contributed by atoms with E-state index in [4.69, 9.17) is 4.74 Å². The van der Waals surface area contributed by atoms with Gasteiger partial charge in [0.25, 0.3) is 0 Å². The van der Waals surface area contributed by atoms with Gasteiger partial charge in [0.15, 0.2) is 5.78 Å². The molecular formula is C30H19F4NO2. The molecule has 37 heavy (non-hydrogen) atoms. The van der Waals surface area contributed by atoms with E-state index in [0.29, 0.717) is 22.4 Å². The van der Waals surface area contributed by atoms with Gasteiger partial charge in [0.05, 0.1) is 11.1 Å². The van der Waals surface area contributed by atoms with Crippen molar-refractivity contribution < 1.29 is 27.1 Å². The molecule has 7 heteroatoms. The van der Waals surface area contributed by atoms with E-state index in [1.165, 1.54) is 30.5 Å². The summed E-state index contributed by atoms with van der Waals surface area (Å²) in [5, 5.41) is 0.201. The van der Waals surface area contributed by atoms with Crippen LogP contribution in [0, 0.1) is 5.82 Å². The van der Waals surface area contributed by atoms with Crippen LogP contribution < -0.4 is 4.74 Å². The van der Waals surface area contributed by atoms with Crippen molar-refractivity contribution in [2.75, 3.05) is 0 Å². The third-order valence-electron chi connectivity index (χ3n) is 5.92. The Hall–Kier alpha value is -4.52. The van der Waals surface area contributed by atoms with Crippen molar-refractivity contribution >= 4 is 16.7 Å². The molecule has 5 aromatic rings. The van der Waals surface area contributed by atoms with Crippen LogP contribution in [0.3, 0.4) is 0 Å². The van der Waals surface area contributed by atoms with Gasteiger partial charge in [-0.2, -0.15) is 13.2 Å². The highest BCUT2D eigenvalue weighted by Gasteiger charge is 2.34. The Morgan fingerprint density at radius 1 is 0.838 bits per heavy atom. The minimum Gasteiger partial charge on any atom is -0.489 e. The van der Waals surface area contributed by atoms with Crippen molar-refractivity contribution in [3.8, 4) is 16.9 Å². The fourth-order valence-corrected chi connectivity index (χ4v) is 4.17. The Bertz CT molecular complexity index is 1580. The molecule has 0 unspecified atom stereocenters. The molecule has 0 aliphatic heterocycles. The molecule has 0 aliphatic carbocycles. The second-order valence-electron chi connectivity index (χ2n) is 8.38. The van der Waals surface area contributed by atoms with Gasteiger partial charge < -0.3 is 4.74 Å². The molecule has 0 N–H and O–H groups in total. The molecule has 3 nitrogen and oxygen atoms in total. The van der Waals surface area contributed by atoms with Crippen LogP contribution in [0.1, 0.15) is 27.0 Å². The molecule has 0 radical (unpaired) electrons. The lowest BCUT2D eigenvalue weighted by Gasteiger charge is -2.16. The number of alkyl halides is 3. The van der Waals surface area contributed by atoms with Gasteiger partial charge in [-0.25, -0.2) is 4.39 Å². The second-order valence-corrected chi connectivity index (χ2v) is 8.38. The van der Waals surface area contributed by atoms with E-state index in [9.17, 15) is 22.4 Å². The number of halogens is 4. The Kier molecular flexibility index (Phi) is 6.44. The number of fused-ring (bicyclic) bond motifs is 1. The van der Waals surface area contributed by atoms with Crippen molar-refractivity contribution in [1.82, 2.24) is 4.98 Å². The maximum atomic E-state index is 13.8. The lowest BCUT2D eigenvalue weighted by Crippen LogP contribution is -2.09. The molecule has 1 aromatic heterocycles. The van der Waals surface area contributed by atoms with Crippen molar-refractivity contribution in [1.29, 1.82) is 0 Å². The first-order valence-corrected chi connectivity index (χ1v) is 11.4. The molecule has 0 bridgehead atoms. The van der Waals surface area contributed by atoms with E-state index in [1.807, 2.05) is 0 Å². The topological polar surface area (TPSA) is 39.2 Å². The lowest BCUT2D eigenvalue weighted by atomic mass is 9.91. The summed E-state index contributed by atoms with van der Waals surface area (Å²) in [5.41, 5.74) is 1.02. The van der Waals surface area contributed by atoms with Gasteiger partial charge in [0.2, 0.25) is 0 Å². The van der Waals surface area contributed by atoms with Crippen LogP contribution in [-0.2, 0) is 12.8 Å². The highest BCUT2D eigenvalue weighted by molar-refractivity contribution is 6.16. The number of aromatic nitrogens is 1. The normalized spacial score (nSPS) is 11.5. The van der Waals surface area contributed by atoms with Gasteiger partial charge in [0, 0.05) is 28.3 Å². The van der Waals surface area contributed by atoms with E-state index >= 15 is 0 Å². The second kappa shape index (κ2) is 9.85. The van der Waals surface area contributed by atoms with Crippen LogP contribution >= 0.6 is 0 Å². The van der Waals surface area contributed by atoms with E-state index in [0.717, 1.165) is 11.6 Å². The van der Waals surface area contributed by atoms with Crippen molar-refractivity contribution in [2.24, 2.45) is 0 Å². The summed E-state index contributed by atoms with van der Waals surface area (Å²) >= 11 is 0. The first kappa shape index (κ1) is 24.2. The standard InChI is InChI=1S/C30H19F4NO2/c31-22-14-12-19(13-15-22)18-37-23-9-4-8-21(16-23)27-24-10-5-11-26(30(32,33)34)28(24)35-17-25(27)29(36)20-6-2-1-3-7-20/h1-17H,18H2. The van der Waals surface area contributed by atoms with Gasteiger partial charge in [-0.1, -0.05) is 66.7 Å². The van der Waals surface area contributed by atoms with Crippen LogP contribution in [0.2, 0.25) is 0 Å². The fourth-order valence-electron chi connectivity index (χ4n) is 4.17. The third-order valence-corrected chi connectivity index (χ3v) is 5.92. The van der Waals surface area contributed by atoms with Crippen LogP contribution in [-0.4, -0.2) is 10.8 Å². The molecular weight excluding hydrogens is 482 g/mol. The lowest BCUT2D eigenvalue weighted by molar-refractivity contribution is -0.136. The Morgan fingerprint density at radius 3 is 2.30 bits per heavy atom. The summed E-state index contributed by atoms with van der Waals surface area (Å²) in [6.07, 6.45) is -3.41. The molecule has 5 rings (SSSR count). The Labute approximate surface area is 210 Å². The molecule has 0 amide bonds. The quantitative estimate of drug-likeness (QED) is 0.176. The van der Waals surface area contributed by atoms with E-state index in [-0.39, 0.29) is 34.7 Å². The molecule has 0 fully saturated rings. The molecule has 184 valence electrons. The van der Waals surface area contributed by atoms with Crippen LogP contribution in [0.4, 0.5) is 17.6 Å². The highest BCUT2D eigenvalue weighted by Crippen LogP contribution is 2.39. The number of nitrogens with zero attached hydrogens (tertiary/aromatic N) is 1. The van der Waals surface area contributed by atoms with E-state index in [2.05, 4.69) is 4.98 Å². The van der Waals surface area contributed by atoms with E-state index < -0.39 is 11.7 Å². The zero-order chi connectivity index (χ0) is 26.0. The van der Waals surface area contributed by atoms with Crippen molar-refractivity contribution in [2.45, 2.75) is 12.8 Å². The fraction of sp³-hybridized carbons (Fsp3) is 0.0667. The molecule has 4 aromatic carbocycles. The Morgan fingerprint density at radius 2 is 1.57 bits per heavy atom. The number of carbonyl (C=O) groups is 1. The number of ether oxygens (including phenoxy) is 1. The average molecular weight is 501 g/mol. The third kappa shape index (κ3) is 5.07. The number of hydrogen-bond donors (Lipinski definition) is 0. The summed E-state index contributed by atoms with van der Waals surface area (Å²) in [7, 11) is 0. The van der Waals surface area contributed by atoms with E-state index in [1.54, 1.807) is 66.7 Å². The summed E-state index contributed by atoms with van der Waals surface area (Å²) in [6.45, 7) is 0.162. The predicted octanol–water partition coefficient (Wildman–Crippen LogP) is 7.87. The maximum Gasteiger partial charge on any atom is 0.418 e. The SMILES string of the molecule is O=C(c1ccccc1)c1cnc2c(C(F)(F)F)cccc2c1-c1cccc(OCc2ccc(F)cc2)c1. The zero-order valence-corrected chi connectivity index (χ0v) is 19.3. The van der Waals surface area contributed by atoms with Gasteiger partial charge in [-0.3, -0.25) is 9.78 Å². The zero-order valence-electron chi connectivity index (χ0n) is 19.3. The largest absolute Gasteiger partial charge is 0.489 e. The smallest absolute Gasteiger partial charge is 0.418 e. The molecule has 0 saturated heterocycles. The molecule has 0 atom stereocenters. The number of rotatable bonds is 6. The number of benzene rings is 4. The summed E-state index contributed by atoms with van der Waals surface area (Å²) in [5.74, 6) is -0.277. The summed E-state index contributed by atoms with van der Waals surface area (Å²) in [6, 6.07) is 24.9. The van der Waals surface area contributed by atoms with Crippen molar-refractivity contribution in [3.05, 3.63) is 131 Å². The first-order chi connectivity index (χ1) is 17.8. The molecule has 0 aliphatic rings. The van der Waals surface area contributed by atoms with Gasteiger partial charge in [-0.15, -0.1) is 0 Å². The summed E-state index contributed by atoms with van der Waals surface area (Å²) < 4.78 is 60.4. The van der Waals surface area contributed by atoms with Crippen molar-refractivity contribution in [3.63, 3.8) is 0 Å². The minimum absolute atomic E-state index is 0.162. The van der Waals surface area contributed by atoms with Gasteiger partial charge in [-0.05, 0) is 41.5 Å². The molecule has 0 saturated carbocycles. The maximum absolute atomic E-state index is 13.8. The molecule has 1 heterocycles. The number of hydrogen-bond acceptors (Lipinski definition) is 3. The summed E-state index contributed by atoms with van der Waals surface area (Å²) in [4.78, 5) is 17.5. The Balaban J connectivity index is 1.64. The monoisotopic (exact) mass is 501 g/mol. The molecule has 0 spiro atoms. The van der Waals surface area contributed by atoms with Gasteiger partial charge in [0.1, 0.15) is 18.2 Å². The van der Waals surface area contributed by atoms with Crippen LogP contribution in [0.15, 0.2) is 103 Å². The number of carbonyl (C=O) groups excluding carboxylic acids is 1. The average Bonchev–Trinajstić information content (AvgIpc) is 2.91. The highest BCUT2D eigenvalue weighted by atomic mass is 19.4. The van der Waals surface area contributed by atoms with Gasteiger partial charge >= 0.3 is 6.18 Å². The number of pyridine rings is 1. The number of ketones is 1. The van der Waals surface area contributed by atoms with Crippen LogP contribution in [0.5, 0.6) is 5.75 Å². The predicted molar refractivity (Wildman–Crippen MR) is 133 cm³/mol. The first-order valence-electron chi connectivity index (χ1n) is 11.4. The minimum atomic E-state index is -4.62. The number of para-hydroxylation sites is 1. The van der Waals surface area contributed by atoms with Crippen LogP contribution in [0.25, 0.3) is 22.0 Å².